The number of esters is 1. The molecule has 0 spiro atoms. The molecule has 1 saturated carbocycles. The van der Waals surface area contributed by atoms with Crippen LogP contribution in [-0.2, 0) is 9.53 Å². The number of ether oxygens (including phenoxy) is 3. The lowest BCUT2D eigenvalue weighted by atomic mass is 9.88. The molecule has 5 heteroatoms. The summed E-state index contributed by atoms with van der Waals surface area (Å²) in [4.78, 5) is 11.9. The lowest BCUT2D eigenvalue weighted by Crippen LogP contribution is -2.30. The predicted molar refractivity (Wildman–Crippen MR) is 162 cm³/mol. The first-order valence-electron chi connectivity index (χ1n) is 15.9. The van der Waals surface area contributed by atoms with E-state index >= 15 is 0 Å². The van der Waals surface area contributed by atoms with Gasteiger partial charge in [-0.15, -0.1) is 0 Å². The van der Waals surface area contributed by atoms with E-state index in [0.29, 0.717) is 18.9 Å². The third-order valence-electron chi connectivity index (χ3n) is 7.94. The Kier molecular flexibility index (Phi) is 15.0. The van der Waals surface area contributed by atoms with E-state index in [0.717, 1.165) is 67.8 Å². The molecule has 3 rings (SSSR count). The van der Waals surface area contributed by atoms with Crippen LogP contribution in [0.2, 0.25) is 0 Å². The smallest absolute Gasteiger partial charge is 0.340 e. The lowest BCUT2D eigenvalue weighted by molar-refractivity contribution is -0.157. The number of carbonyl (C=O) groups is 1. The second-order valence-corrected chi connectivity index (χ2v) is 11.4. The van der Waals surface area contributed by atoms with Gasteiger partial charge < -0.3 is 14.2 Å². The van der Waals surface area contributed by atoms with Gasteiger partial charge >= 0.3 is 5.97 Å². The zero-order chi connectivity index (χ0) is 28.4. The summed E-state index contributed by atoms with van der Waals surface area (Å²) >= 11 is 0. The summed E-state index contributed by atoms with van der Waals surface area (Å²) in [7, 11) is 0. The molecule has 0 aliphatic heterocycles. The number of rotatable bonds is 19. The average molecular weight is 555 g/mol. The highest BCUT2D eigenvalue weighted by atomic mass is 19.1. The van der Waals surface area contributed by atoms with Crippen molar-refractivity contribution in [2.75, 3.05) is 13.2 Å². The molecular weight excluding hydrogens is 503 g/mol. The Morgan fingerprint density at radius 1 is 0.725 bits per heavy atom. The summed E-state index contributed by atoms with van der Waals surface area (Å²) < 4.78 is 31.3. The van der Waals surface area contributed by atoms with E-state index in [2.05, 4.69) is 43.3 Å². The predicted octanol–water partition coefficient (Wildman–Crippen LogP) is 9.88. The Bertz CT molecular complexity index is 935. The summed E-state index contributed by atoms with van der Waals surface area (Å²) in [5, 5.41) is 0. The molecule has 0 aromatic heterocycles. The molecule has 1 atom stereocenters. The van der Waals surface area contributed by atoms with Gasteiger partial charge in [0.25, 0.3) is 0 Å². The molecule has 2 aromatic rings. The van der Waals surface area contributed by atoms with Gasteiger partial charge in [-0.1, -0.05) is 95.9 Å². The van der Waals surface area contributed by atoms with Gasteiger partial charge in [0.15, 0.2) is 6.17 Å². The van der Waals surface area contributed by atoms with Crippen LogP contribution < -0.4 is 9.47 Å². The SMILES string of the molecule is CCCCCCCCCCOc1ccc(-c2ccc(OCC3CCC(OC(=O)[C@@H](F)CCCC)CC3)cc2)cc1. The maximum atomic E-state index is 13.9. The van der Waals surface area contributed by atoms with Crippen LogP contribution in [-0.4, -0.2) is 31.5 Å². The maximum Gasteiger partial charge on any atom is 0.340 e. The monoisotopic (exact) mass is 554 g/mol. The molecule has 0 heterocycles. The Balaban J connectivity index is 1.30. The summed E-state index contributed by atoms with van der Waals surface area (Å²) in [6.45, 7) is 5.68. The molecule has 222 valence electrons. The summed E-state index contributed by atoms with van der Waals surface area (Å²) in [5.41, 5.74) is 2.30. The molecule has 1 aliphatic carbocycles. The zero-order valence-corrected chi connectivity index (χ0v) is 24.9. The quantitative estimate of drug-likeness (QED) is 0.128. The van der Waals surface area contributed by atoms with Crippen molar-refractivity contribution in [1.82, 2.24) is 0 Å². The van der Waals surface area contributed by atoms with E-state index in [4.69, 9.17) is 14.2 Å². The number of unbranched alkanes of at least 4 members (excludes halogenated alkanes) is 8. The zero-order valence-electron chi connectivity index (χ0n) is 24.9. The van der Waals surface area contributed by atoms with Crippen molar-refractivity contribution in [3.8, 4) is 22.6 Å². The highest BCUT2D eigenvalue weighted by molar-refractivity contribution is 5.74. The minimum atomic E-state index is -1.49. The van der Waals surface area contributed by atoms with E-state index in [1.807, 2.05) is 19.1 Å². The fourth-order valence-electron chi connectivity index (χ4n) is 5.28. The number of benzene rings is 2. The van der Waals surface area contributed by atoms with Gasteiger partial charge in [-0.25, -0.2) is 9.18 Å². The molecule has 0 bridgehead atoms. The number of carbonyl (C=O) groups excluding carboxylic acids is 1. The first-order chi connectivity index (χ1) is 19.6. The Labute approximate surface area is 242 Å². The number of alkyl halides is 1. The molecule has 4 nitrogen and oxygen atoms in total. The fourth-order valence-corrected chi connectivity index (χ4v) is 5.28. The molecular formula is C35H51FO4. The summed E-state index contributed by atoms with van der Waals surface area (Å²) in [6.07, 6.45) is 14.0. The van der Waals surface area contributed by atoms with Crippen LogP contribution >= 0.6 is 0 Å². The van der Waals surface area contributed by atoms with Crippen LogP contribution in [0.1, 0.15) is 110 Å². The van der Waals surface area contributed by atoms with E-state index in [1.54, 1.807) is 0 Å². The van der Waals surface area contributed by atoms with Crippen molar-refractivity contribution >= 4 is 5.97 Å². The first kappa shape index (κ1) is 32.0. The van der Waals surface area contributed by atoms with Gasteiger partial charge in [-0.05, 0) is 79.8 Å². The summed E-state index contributed by atoms with van der Waals surface area (Å²) in [5.74, 6) is 1.53. The van der Waals surface area contributed by atoms with E-state index < -0.39 is 12.1 Å². The highest BCUT2D eigenvalue weighted by Crippen LogP contribution is 2.29. The average Bonchev–Trinajstić information content (AvgIpc) is 2.99. The second-order valence-electron chi connectivity index (χ2n) is 11.4. The molecule has 40 heavy (non-hydrogen) atoms. The van der Waals surface area contributed by atoms with Gasteiger partial charge in [0, 0.05) is 0 Å². The van der Waals surface area contributed by atoms with Crippen LogP contribution in [0.5, 0.6) is 11.5 Å². The highest BCUT2D eigenvalue weighted by Gasteiger charge is 2.27. The molecule has 2 aromatic carbocycles. The number of hydrogen-bond donors (Lipinski definition) is 0. The minimum absolute atomic E-state index is 0.162. The van der Waals surface area contributed by atoms with Crippen LogP contribution in [0.4, 0.5) is 4.39 Å². The molecule has 0 radical (unpaired) electrons. The molecule has 0 saturated heterocycles. The molecule has 1 aliphatic rings. The number of hydrogen-bond acceptors (Lipinski definition) is 4. The van der Waals surface area contributed by atoms with Crippen LogP contribution in [0, 0.1) is 5.92 Å². The van der Waals surface area contributed by atoms with Crippen molar-refractivity contribution in [3.63, 3.8) is 0 Å². The van der Waals surface area contributed by atoms with Crippen molar-refractivity contribution in [3.05, 3.63) is 48.5 Å². The lowest BCUT2D eigenvalue weighted by Gasteiger charge is -2.28. The normalized spacial score (nSPS) is 17.8. The first-order valence-corrected chi connectivity index (χ1v) is 15.9. The van der Waals surface area contributed by atoms with Gasteiger partial charge in [-0.3, -0.25) is 0 Å². The Morgan fingerprint density at radius 3 is 1.82 bits per heavy atom. The van der Waals surface area contributed by atoms with E-state index in [9.17, 15) is 9.18 Å². The second kappa shape index (κ2) is 18.7. The van der Waals surface area contributed by atoms with Crippen LogP contribution in [0.3, 0.4) is 0 Å². The third-order valence-corrected chi connectivity index (χ3v) is 7.94. The molecule has 0 unspecified atom stereocenters. The van der Waals surface area contributed by atoms with Crippen molar-refractivity contribution in [1.29, 1.82) is 0 Å². The van der Waals surface area contributed by atoms with Gasteiger partial charge in [0.2, 0.25) is 0 Å². The van der Waals surface area contributed by atoms with Crippen LogP contribution in [0.25, 0.3) is 11.1 Å². The molecule has 0 amide bonds. The van der Waals surface area contributed by atoms with Gasteiger partial charge in [0.05, 0.1) is 13.2 Å². The maximum absolute atomic E-state index is 13.9. The van der Waals surface area contributed by atoms with Crippen molar-refractivity contribution < 1.29 is 23.4 Å². The summed E-state index contributed by atoms with van der Waals surface area (Å²) in [6, 6.07) is 16.6. The van der Waals surface area contributed by atoms with E-state index in [1.165, 1.54) is 44.9 Å². The van der Waals surface area contributed by atoms with Crippen LogP contribution in [0.15, 0.2) is 48.5 Å². The minimum Gasteiger partial charge on any atom is -0.494 e. The standard InChI is InChI=1S/C35H51FO4/c1-3-5-7-8-9-10-11-12-26-38-31-22-16-29(17-23-31)30-18-24-32(25-19-30)39-27-28-14-20-33(21-15-28)40-35(37)34(36)13-6-4-2/h16-19,22-25,28,33-34H,3-15,20-21,26-27H2,1-2H3/t28?,33?,34-/m0/s1. The van der Waals surface area contributed by atoms with Crippen molar-refractivity contribution in [2.45, 2.75) is 122 Å². The van der Waals surface area contributed by atoms with E-state index in [-0.39, 0.29) is 12.5 Å². The fraction of sp³-hybridized carbons (Fsp3) is 0.629. The number of halogens is 1. The van der Waals surface area contributed by atoms with Crippen molar-refractivity contribution in [2.24, 2.45) is 5.92 Å². The molecule has 0 N–H and O–H groups in total. The third kappa shape index (κ3) is 11.9. The topological polar surface area (TPSA) is 44.8 Å². The van der Waals surface area contributed by atoms with Gasteiger partial charge in [-0.2, -0.15) is 0 Å². The largest absolute Gasteiger partial charge is 0.494 e. The Morgan fingerprint density at radius 2 is 1.25 bits per heavy atom. The van der Waals surface area contributed by atoms with Gasteiger partial charge in [0.1, 0.15) is 17.6 Å². The molecule has 1 fully saturated rings. The Hall–Kier alpha value is -2.56.